The van der Waals surface area contributed by atoms with Crippen molar-refractivity contribution in [1.82, 2.24) is 0 Å². The van der Waals surface area contributed by atoms with E-state index in [9.17, 15) is 10.1 Å². The average Bonchev–Trinajstić information content (AvgIpc) is 2.48. The number of hydrogen-bond acceptors (Lipinski definition) is 4. The molecule has 1 N–H and O–H groups in total. The number of hydrogen-bond donors (Lipinski definition) is 1. The number of anilines is 1. The molecule has 1 atom stereocenters. The predicted octanol–water partition coefficient (Wildman–Crippen LogP) is 4.51. The van der Waals surface area contributed by atoms with Gasteiger partial charge in [0.15, 0.2) is 0 Å². The number of unbranched alkanes of at least 4 members (excludes halogenated alkanes) is 3. The van der Waals surface area contributed by atoms with Gasteiger partial charge in [-0.1, -0.05) is 44.7 Å². The summed E-state index contributed by atoms with van der Waals surface area (Å²) >= 11 is 0. The molecule has 1 rings (SSSR count). The van der Waals surface area contributed by atoms with Crippen molar-refractivity contribution in [3.05, 3.63) is 33.9 Å². The summed E-state index contributed by atoms with van der Waals surface area (Å²) in [5.41, 5.74) is 1.46. The van der Waals surface area contributed by atoms with E-state index in [-0.39, 0.29) is 16.7 Å². The first-order chi connectivity index (χ1) is 10.1. The summed E-state index contributed by atoms with van der Waals surface area (Å²) in [5.74, 6) is 0. The van der Waals surface area contributed by atoms with Crippen molar-refractivity contribution < 1.29 is 9.66 Å². The van der Waals surface area contributed by atoms with Crippen LogP contribution in [-0.2, 0) is 11.3 Å². The Morgan fingerprint density at radius 2 is 2.10 bits per heavy atom. The number of nitro benzene ring substituents is 1. The first-order valence-corrected chi connectivity index (χ1v) is 7.65. The highest BCUT2D eigenvalue weighted by Crippen LogP contribution is 2.28. The fourth-order valence-corrected chi connectivity index (χ4v) is 2.32. The summed E-state index contributed by atoms with van der Waals surface area (Å²) in [7, 11) is 1.69. The van der Waals surface area contributed by atoms with Gasteiger partial charge in [0.2, 0.25) is 0 Å². The fraction of sp³-hybridized carbons (Fsp3) is 0.625. The van der Waals surface area contributed by atoms with E-state index in [1.807, 2.05) is 6.07 Å². The molecule has 0 amide bonds. The van der Waals surface area contributed by atoms with Gasteiger partial charge in [-0.2, -0.15) is 0 Å². The van der Waals surface area contributed by atoms with Gasteiger partial charge in [0.1, 0.15) is 5.69 Å². The minimum atomic E-state index is -0.372. The lowest BCUT2D eigenvalue weighted by Crippen LogP contribution is -2.09. The summed E-state index contributed by atoms with van der Waals surface area (Å²) in [6.45, 7) is 4.65. The van der Waals surface area contributed by atoms with E-state index in [1.54, 1.807) is 13.1 Å². The van der Waals surface area contributed by atoms with Crippen molar-refractivity contribution in [3.63, 3.8) is 0 Å². The fourth-order valence-electron chi connectivity index (χ4n) is 2.32. The van der Waals surface area contributed by atoms with Crippen LogP contribution in [0.4, 0.5) is 11.4 Å². The quantitative estimate of drug-likeness (QED) is 0.391. The molecule has 0 fully saturated rings. The van der Waals surface area contributed by atoms with Gasteiger partial charge in [0, 0.05) is 18.7 Å². The third kappa shape index (κ3) is 5.71. The monoisotopic (exact) mass is 294 g/mol. The molecule has 0 saturated carbocycles. The van der Waals surface area contributed by atoms with Crippen LogP contribution in [0.1, 0.15) is 51.5 Å². The molecule has 0 aromatic heterocycles. The minimum absolute atomic E-state index is 0.0919. The topological polar surface area (TPSA) is 64.4 Å². The summed E-state index contributed by atoms with van der Waals surface area (Å²) < 4.78 is 5.82. The average molecular weight is 294 g/mol. The Labute approximate surface area is 126 Å². The molecular formula is C16H26N2O3. The Kier molecular flexibility index (Phi) is 7.75. The molecule has 0 bridgehead atoms. The summed E-state index contributed by atoms with van der Waals surface area (Å²) in [6.07, 6.45) is 6.11. The van der Waals surface area contributed by atoms with Crippen LogP contribution in [0.15, 0.2) is 18.2 Å². The Morgan fingerprint density at radius 1 is 1.33 bits per heavy atom. The van der Waals surface area contributed by atoms with Crippen molar-refractivity contribution >= 4 is 11.4 Å². The highest BCUT2D eigenvalue weighted by atomic mass is 16.6. The van der Waals surface area contributed by atoms with E-state index < -0.39 is 0 Å². The molecule has 1 unspecified atom stereocenters. The molecule has 0 spiro atoms. The van der Waals surface area contributed by atoms with Gasteiger partial charge in [0.05, 0.1) is 17.6 Å². The van der Waals surface area contributed by atoms with Crippen LogP contribution in [0.5, 0.6) is 0 Å². The smallest absolute Gasteiger partial charge is 0.292 e. The number of benzene rings is 1. The van der Waals surface area contributed by atoms with E-state index in [1.165, 1.54) is 31.7 Å². The lowest BCUT2D eigenvalue weighted by molar-refractivity contribution is -0.384. The normalized spacial score (nSPS) is 12.1. The number of para-hydroxylation sites is 1. The zero-order chi connectivity index (χ0) is 15.7. The van der Waals surface area contributed by atoms with Gasteiger partial charge in [-0.05, 0) is 13.3 Å². The van der Waals surface area contributed by atoms with Crippen molar-refractivity contribution in [2.75, 3.05) is 12.4 Å². The van der Waals surface area contributed by atoms with Crippen molar-refractivity contribution in [3.8, 4) is 0 Å². The van der Waals surface area contributed by atoms with Crippen molar-refractivity contribution in [2.45, 2.75) is 58.7 Å². The number of rotatable bonds is 10. The Hall–Kier alpha value is -1.62. The summed E-state index contributed by atoms with van der Waals surface area (Å²) in [5, 5.41) is 13.9. The Morgan fingerprint density at radius 3 is 2.71 bits per heavy atom. The summed E-state index contributed by atoms with van der Waals surface area (Å²) in [6, 6.07) is 5.07. The summed E-state index contributed by atoms with van der Waals surface area (Å²) in [4.78, 5) is 10.6. The second kappa shape index (κ2) is 9.34. The van der Waals surface area contributed by atoms with Gasteiger partial charge in [-0.3, -0.25) is 10.1 Å². The molecule has 0 aliphatic rings. The Bertz CT molecular complexity index is 449. The number of nitrogens with one attached hydrogen (secondary N) is 1. The van der Waals surface area contributed by atoms with Crippen LogP contribution in [-0.4, -0.2) is 18.1 Å². The second-order valence-electron chi connectivity index (χ2n) is 5.29. The first kappa shape index (κ1) is 17.4. The van der Waals surface area contributed by atoms with E-state index in [0.29, 0.717) is 12.3 Å². The predicted molar refractivity (Wildman–Crippen MR) is 85.7 cm³/mol. The molecule has 118 valence electrons. The zero-order valence-corrected chi connectivity index (χ0v) is 13.2. The third-order valence-corrected chi connectivity index (χ3v) is 3.56. The largest absolute Gasteiger partial charge is 0.382 e. The van der Waals surface area contributed by atoms with Crippen LogP contribution < -0.4 is 5.32 Å². The highest BCUT2D eigenvalue weighted by Gasteiger charge is 2.16. The van der Waals surface area contributed by atoms with Crippen LogP contribution in [0.25, 0.3) is 0 Å². The molecule has 1 aromatic carbocycles. The minimum Gasteiger partial charge on any atom is -0.382 e. The van der Waals surface area contributed by atoms with Gasteiger partial charge in [-0.25, -0.2) is 0 Å². The van der Waals surface area contributed by atoms with Crippen molar-refractivity contribution in [2.24, 2.45) is 0 Å². The third-order valence-electron chi connectivity index (χ3n) is 3.56. The van der Waals surface area contributed by atoms with E-state index in [2.05, 4.69) is 19.2 Å². The van der Waals surface area contributed by atoms with Crippen LogP contribution in [0.3, 0.4) is 0 Å². The van der Waals surface area contributed by atoms with Gasteiger partial charge < -0.3 is 10.1 Å². The van der Waals surface area contributed by atoms with Crippen LogP contribution >= 0.6 is 0 Å². The maximum atomic E-state index is 11.0. The number of nitro groups is 1. The van der Waals surface area contributed by atoms with Crippen LogP contribution in [0, 0.1) is 10.1 Å². The van der Waals surface area contributed by atoms with E-state index >= 15 is 0 Å². The van der Waals surface area contributed by atoms with Gasteiger partial charge in [-0.15, -0.1) is 0 Å². The Balaban J connectivity index is 2.55. The molecule has 0 radical (unpaired) electrons. The SMILES string of the molecule is CCCCCCC(C)OCc1cccc([N+](=O)[O-])c1NC. The number of ether oxygens (including phenoxy) is 1. The van der Waals surface area contributed by atoms with E-state index in [0.717, 1.165) is 12.0 Å². The molecule has 21 heavy (non-hydrogen) atoms. The maximum Gasteiger partial charge on any atom is 0.292 e. The number of nitrogens with zero attached hydrogens (tertiary/aromatic N) is 1. The lowest BCUT2D eigenvalue weighted by atomic mass is 10.1. The van der Waals surface area contributed by atoms with Gasteiger partial charge in [0.25, 0.3) is 5.69 Å². The molecule has 0 saturated heterocycles. The van der Waals surface area contributed by atoms with Crippen molar-refractivity contribution in [1.29, 1.82) is 0 Å². The van der Waals surface area contributed by atoms with Crippen LogP contribution in [0.2, 0.25) is 0 Å². The zero-order valence-electron chi connectivity index (χ0n) is 13.2. The molecule has 1 aromatic rings. The molecule has 5 heteroatoms. The standard InChI is InChI=1S/C16H26N2O3/c1-4-5-6-7-9-13(2)21-12-14-10-8-11-15(18(19)20)16(14)17-3/h8,10-11,13,17H,4-7,9,12H2,1-3H3. The molecule has 0 aliphatic heterocycles. The molecule has 5 nitrogen and oxygen atoms in total. The lowest BCUT2D eigenvalue weighted by Gasteiger charge is -2.15. The second-order valence-corrected chi connectivity index (χ2v) is 5.29. The first-order valence-electron chi connectivity index (χ1n) is 7.65. The molecular weight excluding hydrogens is 268 g/mol. The maximum absolute atomic E-state index is 11.0. The van der Waals surface area contributed by atoms with Gasteiger partial charge >= 0.3 is 0 Å². The highest BCUT2D eigenvalue weighted by molar-refractivity contribution is 5.65. The molecule has 0 aliphatic carbocycles. The van der Waals surface area contributed by atoms with E-state index in [4.69, 9.17) is 4.74 Å². The molecule has 0 heterocycles.